The predicted molar refractivity (Wildman–Crippen MR) is 55.5 cm³/mol. The van der Waals surface area contributed by atoms with Crippen LogP contribution in [0.1, 0.15) is 45.4 Å². The molecule has 1 atom stereocenters. The summed E-state index contributed by atoms with van der Waals surface area (Å²) < 4.78 is 9.92. The highest BCUT2D eigenvalue weighted by atomic mass is 16.7. The van der Waals surface area contributed by atoms with Gasteiger partial charge in [-0.05, 0) is 26.2 Å². The van der Waals surface area contributed by atoms with Crippen LogP contribution in [-0.2, 0) is 9.47 Å². The molecular weight excluding hydrogens is 194 g/mol. The fourth-order valence-electron chi connectivity index (χ4n) is 2.70. The van der Waals surface area contributed by atoms with E-state index in [1.54, 1.807) is 6.92 Å². The Bertz CT molecular complexity index is 236. The van der Waals surface area contributed by atoms with Crippen LogP contribution in [0.25, 0.3) is 0 Å². The lowest BCUT2D eigenvalue weighted by atomic mass is 9.96. The normalized spacial score (nSPS) is 28.2. The molecule has 0 aromatic carbocycles. The van der Waals surface area contributed by atoms with Crippen molar-refractivity contribution in [1.29, 1.82) is 0 Å². The van der Waals surface area contributed by atoms with Crippen molar-refractivity contribution in [2.24, 2.45) is 0 Å². The van der Waals surface area contributed by atoms with Crippen molar-refractivity contribution < 1.29 is 14.3 Å². The van der Waals surface area contributed by atoms with Gasteiger partial charge in [0.25, 0.3) is 0 Å². The summed E-state index contributed by atoms with van der Waals surface area (Å²) in [6.45, 7) is 2.15. The molecule has 86 valence electrons. The molecule has 0 amide bonds. The molecule has 2 rings (SSSR count). The first-order valence-corrected chi connectivity index (χ1v) is 5.85. The number of carbonyl (C=O) groups is 1. The van der Waals surface area contributed by atoms with Crippen molar-refractivity contribution in [3.63, 3.8) is 0 Å². The van der Waals surface area contributed by atoms with E-state index in [1.165, 1.54) is 25.7 Å². The zero-order valence-corrected chi connectivity index (χ0v) is 9.25. The number of carbonyl (C=O) groups excluding carboxylic acids is 1. The summed E-state index contributed by atoms with van der Waals surface area (Å²) in [6.07, 6.45) is 6.37. The van der Waals surface area contributed by atoms with Crippen LogP contribution in [0.4, 0.5) is 4.79 Å². The summed E-state index contributed by atoms with van der Waals surface area (Å²) >= 11 is 0. The highest BCUT2D eigenvalue weighted by Gasteiger charge is 2.41. The van der Waals surface area contributed by atoms with Crippen LogP contribution in [-0.4, -0.2) is 24.5 Å². The van der Waals surface area contributed by atoms with Crippen LogP contribution < -0.4 is 5.32 Å². The Kier molecular flexibility index (Phi) is 3.14. The monoisotopic (exact) mass is 213 g/mol. The summed E-state index contributed by atoms with van der Waals surface area (Å²) in [5.41, 5.74) is 0.261. The second-order valence-electron chi connectivity index (χ2n) is 4.46. The molecule has 1 unspecified atom stereocenters. The van der Waals surface area contributed by atoms with Gasteiger partial charge in [0, 0.05) is 12.0 Å². The third-order valence-corrected chi connectivity index (χ3v) is 3.41. The van der Waals surface area contributed by atoms with E-state index >= 15 is 0 Å². The fourth-order valence-corrected chi connectivity index (χ4v) is 2.70. The number of hydrogen-bond acceptors (Lipinski definition) is 4. The van der Waals surface area contributed by atoms with Crippen molar-refractivity contribution in [3.05, 3.63) is 0 Å². The Morgan fingerprint density at radius 2 is 2.13 bits per heavy atom. The molecule has 15 heavy (non-hydrogen) atoms. The Balaban J connectivity index is 1.79. The topological polar surface area (TPSA) is 47.6 Å². The summed E-state index contributed by atoms with van der Waals surface area (Å²) in [4.78, 5) is 11.1. The average Bonchev–Trinajstić information content (AvgIpc) is 2.79. The van der Waals surface area contributed by atoms with E-state index < -0.39 is 6.16 Å². The molecule has 2 aliphatic rings. The molecule has 0 aromatic rings. The summed E-state index contributed by atoms with van der Waals surface area (Å²) in [5.74, 6) is 0. The van der Waals surface area contributed by atoms with E-state index in [-0.39, 0.29) is 11.8 Å². The molecule has 2 fully saturated rings. The van der Waals surface area contributed by atoms with Crippen molar-refractivity contribution in [1.82, 2.24) is 5.32 Å². The van der Waals surface area contributed by atoms with Crippen molar-refractivity contribution >= 4 is 6.16 Å². The summed E-state index contributed by atoms with van der Waals surface area (Å²) in [5, 5.41) is 3.43. The summed E-state index contributed by atoms with van der Waals surface area (Å²) in [6, 6.07) is 0. The smallest absolute Gasteiger partial charge is 0.435 e. The largest absolute Gasteiger partial charge is 0.509 e. The maximum Gasteiger partial charge on any atom is 0.509 e. The highest BCUT2D eigenvalue weighted by molar-refractivity contribution is 5.60. The molecule has 1 heterocycles. The molecule has 1 aliphatic carbocycles. The Morgan fingerprint density at radius 1 is 1.40 bits per heavy atom. The first-order valence-electron chi connectivity index (χ1n) is 5.85. The van der Waals surface area contributed by atoms with Crippen LogP contribution in [0.5, 0.6) is 0 Å². The molecule has 4 heteroatoms. The van der Waals surface area contributed by atoms with Gasteiger partial charge in [0.05, 0.1) is 6.61 Å². The van der Waals surface area contributed by atoms with E-state index in [2.05, 4.69) is 5.32 Å². The molecular formula is C11H19NO3. The highest BCUT2D eigenvalue weighted by Crippen LogP contribution is 2.38. The molecule has 4 nitrogen and oxygen atoms in total. The lowest BCUT2D eigenvalue weighted by Gasteiger charge is -2.24. The average molecular weight is 213 g/mol. The molecule has 1 aliphatic heterocycles. The van der Waals surface area contributed by atoms with E-state index in [9.17, 15) is 4.79 Å². The maximum absolute atomic E-state index is 11.1. The van der Waals surface area contributed by atoms with Gasteiger partial charge in [-0.2, -0.15) is 0 Å². The molecule has 1 spiro atoms. The molecule has 0 aromatic heterocycles. The minimum atomic E-state index is -0.551. The quantitative estimate of drug-likeness (QED) is 0.714. The van der Waals surface area contributed by atoms with Crippen LogP contribution in [0.15, 0.2) is 0 Å². The SMILES string of the molecule is CCOC(=O)OC1CCC2(CCCC2)N1. The zero-order chi connectivity index (χ0) is 10.7. The van der Waals surface area contributed by atoms with Crippen LogP contribution >= 0.6 is 0 Å². The van der Waals surface area contributed by atoms with E-state index in [0.29, 0.717) is 6.61 Å². The molecule has 1 saturated carbocycles. The molecule has 1 N–H and O–H groups in total. The Hall–Kier alpha value is -0.770. The lowest BCUT2D eigenvalue weighted by Crippen LogP contribution is -2.42. The van der Waals surface area contributed by atoms with Gasteiger partial charge in [-0.1, -0.05) is 12.8 Å². The molecule has 0 bridgehead atoms. The van der Waals surface area contributed by atoms with E-state index in [0.717, 1.165) is 12.8 Å². The number of nitrogens with one attached hydrogen (secondary N) is 1. The van der Waals surface area contributed by atoms with Gasteiger partial charge in [-0.15, -0.1) is 0 Å². The molecule has 0 radical (unpaired) electrons. The van der Waals surface area contributed by atoms with Crippen molar-refractivity contribution in [2.75, 3.05) is 6.61 Å². The number of rotatable bonds is 2. The number of ether oxygens (including phenoxy) is 2. The summed E-state index contributed by atoms with van der Waals surface area (Å²) in [7, 11) is 0. The zero-order valence-electron chi connectivity index (χ0n) is 9.25. The van der Waals surface area contributed by atoms with Crippen LogP contribution in [0, 0.1) is 0 Å². The van der Waals surface area contributed by atoms with Gasteiger partial charge in [0.15, 0.2) is 6.23 Å². The Labute approximate surface area is 90.3 Å². The van der Waals surface area contributed by atoms with Gasteiger partial charge in [-0.25, -0.2) is 4.79 Å². The lowest BCUT2D eigenvalue weighted by molar-refractivity contribution is 0.0170. The number of hydrogen-bond donors (Lipinski definition) is 1. The van der Waals surface area contributed by atoms with Crippen LogP contribution in [0.3, 0.4) is 0 Å². The van der Waals surface area contributed by atoms with Gasteiger partial charge in [0.1, 0.15) is 0 Å². The minimum Gasteiger partial charge on any atom is -0.435 e. The van der Waals surface area contributed by atoms with E-state index in [1.807, 2.05) is 0 Å². The van der Waals surface area contributed by atoms with Crippen molar-refractivity contribution in [3.8, 4) is 0 Å². The Morgan fingerprint density at radius 3 is 2.80 bits per heavy atom. The van der Waals surface area contributed by atoms with Crippen LogP contribution in [0.2, 0.25) is 0 Å². The third kappa shape index (κ3) is 2.43. The standard InChI is InChI=1S/C11H19NO3/c1-2-14-10(13)15-9-5-8-11(12-9)6-3-4-7-11/h9,12H,2-8H2,1H3. The van der Waals surface area contributed by atoms with Gasteiger partial charge >= 0.3 is 6.16 Å². The second kappa shape index (κ2) is 4.39. The maximum atomic E-state index is 11.1. The first-order chi connectivity index (χ1) is 7.24. The second-order valence-corrected chi connectivity index (χ2v) is 4.46. The third-order valence-electron chi connectivity index (χ3n) is 3.41. The first kappa shape index (κ1) is 10.7. The van der Waals surface area contributed by atoms with Gasteiger partial charge in [0.2, 0.25) is 0 Å². The fraction of sp³-hybridized carbons (Fsp3) is 0.909. The van der Waals surface area contributed by atoms with Crippen molar-refractivity contribution in [2.45, 2.75) is 57.2 Å². The molecule has 1 saturated heterocycles. The van der Waals surface area contributed by atoms with Gasteiger partial charge < -0.3 is 9.47 Å². The predicted octanol–water partition coefficient (Wildman–Crippen LogP) is 2.18. The van der Waals surface area contributed by atoms with E-state index in [4.69, 9.17) is 9.47 Å². The minimum absolute atomic E-state index is 0.137. The van der Waals surface area contributed by atoms with Gasteiger partial charge in [-0.3, -0.25) is 5.32 Å².